The lowest BCUT2D eigenvalue weighted by Crippen LogP contribution is -2.00. The number of ether oxygens (including phenoxy) is 2. The molecule has 1 atom stereocenters. The number of rotatable bonds is 4. The Hall–Kier alpha value is -0.520. The van der Waals surface area contributed by atoms with Crippen LogP contribution in [0.5, 0.6) is 11.5 Å². The van der Waals surface area contributed by atoms with Crippen LogP contribution < -0.4 is 9.47 Å². The molecule has 0 amide bonds. The summed E-state index contributed by atoms with van der Waals surface area (Å²) in [6.45, 7) is 2.08. The third-order valence-corrected chi connectivity index (χ3v) is 5.53. The molecule has 1 unspecified atom stereocenters. The second-order valence-electron chi connectivity index (χ2n) is 4.62. The van der Waals surface area contributed by atoms with Crippen molar-refractivity contribution >= 4 is 47.8 Å². The molecule has 0 aliphatic carbocycles. The van der Waals surface area contributed by atoms with Crippen LogP contribution in [-0.4, -0.2) is 14.2 Å². The van der Waals surface area contributed by atoms with Gasteiger partial charge in [-0.15, -0.1) is 0 Å². The Morgan fingerprint density at radius 1 is 0.857 bits per heavy atom. The van der Waals surface area contributed by atoms with Gasteiger partial charge in [0.05, 0.1) is 23.5 Å². The van der Waals surface area contributed by atoms with Gasteiger partial charge >= 0.3 is 0 Å². The Kier molecular flexibility index (Phi) is 5.74. The Morgan fingerprint density at radius 3 is 2.14 bits per heavy atom. The van der Waals surface area contributed by atoms with Gasteiger partial charge in [0.1, 0.15) is 11.5 Å². The molecule has 5 heteroatoms. The number of alkyl halides is 1. The summed E-state index contributed by atoms with van der Waals surface area (Å²) in [4.78, 5) is 0.00345. The summed E-state index contributed by atoms with van der Waals surface area (Å²) in [6.07, 6.45) is 0. The second kappa shape index (κ2) is 7.16. The van der Waals surface area contributed by atoms with Crippen LogP contribution >= 0.6 is 47.8 Å². The normalized spacial score (nSPS) is 12.1. The van der Waals surface area contributed by atoms with Crippen LogP contribution in [0.2, 0.25) is 0 Å². The molecule has 0 radical (unpaired) electrons. The van der Waals surface area contributed by atoms with E-state index in [1.807, 2.05) is 12.1 Å². The van der Waals surface area contributed by atoms with Crippen LogP contribution in [0, 0.1) is 6.92 Å². The molecule has 0 fully saturated rings. The van der Waals surface area contributed by atoms with E-state index < -0.39 is 0 Å². The fourth-order valence-corrected chi connectivity index (χ4v) is 4.11. The van der Waals surface area contributed by atoms with Crippen molar-refractivity contribution in [3.8, 4) is 11.5 Å². The Labute approximate surface area is 150 Å². The molecule has 0 saturated heterocycles. The molecule has 112 valence electrons. The zero-order valence-corrected chi connectivity index (χ0v) is 16.7. The average molecular weight is 479 g/mol. The fraction of sp³-hybridized carbons (Fsp3) is 0.250. The molecule has 0 aliphatic heterocycles. The Balaban J connectivity index is 2.56. The molecule has 21 heavy (non-hydrogen) atoms. The van der Waals surface area contributed by atoms with Gasteiger partial charge in [-0.25, -0.2) is 0 Å². The minimum atomic E-state index is 0.00345. The largest absolute Gasteiger partial charge is 0.496 e. The Morgan fingerprint density at radius 2 is 1.52 bits per heavy atom. The van der Waals surface area contributed by atoms with E-state index in [0.717, 1.165) is 31.6 Å². The topological polar surface area (TPSA) is 18.5 Å². The van der Waals surface area contributed by atoms with E-state index in [4.69, 9.17) is 9.47 Å². The van der Waals surface area contributed by atoms with Crippen molar-refractivity contribution in [1.29, 1.82) is 0 Å². The van der Waals surface area contributed by atoms with Gasteiger partial charge in [-0.05, 0) is 46.6 Å². The second-order valence-corrected chi connectivity index (χ2v) is 7.24. The van der Waals surface area contributed by atoms with Gasteiger partial charge < -0.3 is 9.47 Å². The van der Waals surface area contributed by atoms with Crippen molar-refractivity contribution < 1.29 is 9.47 Å². The summed E-state index contributed by atoms with van der Waals surface area (Å²) in [5, 5.41) is 0. The van der Waals surface area contributed by atoms with Crippen molar-refractivity contribution in [2.45, 2.75) is 11.8 Å². The lowest BCUT2D eigenvalue weighted by molar-refractivity contribution is 0.397. The number of halogens is 3. The predicted molar refractivity (Wildman–Crippen MR) is 96.9 cm³/mol. The first-order valence-corrected chi connectivity index (χ1v) is 8.79. The maximum atomic E-state index is 5.51. The van der Waals surface area contributed by atoms with Crippen molar-refractivity contribution in [3.63, 3.8) is 0 Å². The van der Waals surface area contributed by atoms with Crippen molar-refractivity contribution in [2.75, 3.05) is 14.2 Å². The molecule has 0 aliphatic rings. The summed E-state index contributed by atoms with van der Waals surface area (Å²) in [6, 6.07) is 10.2. The molecule has 0 N–H and O–H groups in total. The quantitative estimate of drug-likeness (QED) is 0.500. The molecule has 2 aromatic rings. The highest BCUT2D eigenvalue weighted by Gasteiger charge is 2.20. The standard InChI is InChI=1S/C16H15Br3O2/c1-9-4-5-12(17)10(6-9)16(19)11-7-15(21-3)13(18)8-14(11)20-2/h4-8,16H,1-3H3. The summed E-state index contributed by atoms with van der Waals surface area (Å²) >= 11 is 10.9. The molecule has 0 saturated carbocycles. The summed E-state index contributed by atoms with van der Waals surface area (Å²) in [7, 11) is 3.32. The monoisotopic (exact) mass is 476 g/mol. The zero-order valence-electron chi connectivity index (χ0n) is 11.9. The maximum Gasteiger partial charge on any atom is 0.133 e. The lowest BCUT2D eigenvalue weighted by atomic mass is 10.0. The van der Waals surface area contributed by atoms with Gasteiger partial charge in [-0.2, -0.15) is 0 Å². The van der Waals surface area contributed by atoms with E-state index in [1.54, 1.807) is 14.2 Å². The zero-order chi connectivity index (χ0) is 15.6. The molecule has 0 bridgehead atoms. The molecule has 0 heterocycles. The van der Waals surface area contributed by atoms with E-state index >= 15 is 0 Å². The SMILES string of the molecule is COc1cc(C(Br)c2cc(C)ccc2Br)c(OC)cc1Br. The molecule has 2 nitrogen and oxygen atoms in total. The van der Waals surface area contributed by atoms with E-state index in [2.05, 4.69) is 72.9 Å². The third-order valence-electron chi connectivity index (χ3n) is 3.20. The van der Waals surface area contributed by atoms with Gasteiger partial charge in [0.25, 0.3) is 0 Å². The minimum absolute atomic E-state index is 0.00345. The first-order chi connectivity index (χ1) is 9.97. The van der Waals surface area contributed by atoms with E-state index in [-0.39, 0.29) is 4.83 Å². The van der Waals surface area contributed by atoms with E-state index in [0.29, 0.717) is 0 Å². The van der Waals surface area contributed by atoms with Crippen LogP contribution in [0.15, 0.2) is 39.3 Å². The minimum Gasteiger partial charge on any atom is -0.496 e. The molecule has 0 aromatic heterocycles. The predicted octanol–water partition coefficient (Wildman–Crippen LogP) is 6.02. The molecular formula is C16H15Br3O2. The highest BCUT2D eigenvalue weighted by molar-refractivity contribution is 9.11. The van der Waals surface area contributed by atoms with Crippen LogP contribution in [0.4, 0.5) is 0 Å². The van der Waals surface area contributed by atoms with Crippen LogP contribution in [0.3, 0.4) is 0 Å². The van der Waals surface area contributed by atoms with Gasteiger partial charge in [-0.1, -0.05) is 49.6 Å². The van der Waals surface area contributed by atoms with Crippen LogP contribution in [0.1, 0.15) is 21.5 Å². The summed E-state index contributed by atoms with van der Waals surface area (Å²) in [5.74, 6) is 1.58. The number of hydrogen-bond acceptors (Lipinski definition) is 2. The summed E-state index contributed by atoms with van der Waals surface area (Å²) in [5.41, 5.74) is 3.38. The fourth-order valence-electron chi connectivity index (χ4n) is 2.11. The Bertz CT molecular complexity index is 656. The number of benzene rings is 2. The highest BCUT2D eigenvalue weighted by Crippen LogP contribution is 2.43. The van der Waals surface area contributed by atoms with Gasteiger partial charge in [0.15, 0.2) is 0 Å². The molecular weight excluding hydrogens is 464 g/mol. The smallest absolute Gasteiger partial charge is 0.133 e. The van der Waals surface area contributed by atoms with Crippen LogP contribution in [-0.2, 0) is 0 Å². The average Bonchev–Trinajstić information content (AvgIpc) is 2.48. The number of aryl methyl sites for hydroxylation is 1. The lowest BCUT2D eigenvalue weighted by Gasteiger charge is -2.18. The molecule has 2 aromatic carbocycles. The van der Waals surface area contributed by atoms with Crippen molar-refractivity contribution in [1.82, 2.24) is 0 Å². The van der Waals surface area contributed by atoms with Gasteiger partial charge in [0, 0.05) is 10.0 Å². The first kappa shape index (κ1) is 16.8. The number of hydrogen-bond donors (Lipinski definition) is 0. The van der Waals surface area contributed by atoms with E-state index in [9.17, 15) is 0 Å². The summed E-state index contributed by atoms with van der Waals surface area (Å²) < 4.78 is 12.8. The van der Waals surface area contributed by atoms with Gasteiger partial charge in [-0.3, -0.25) is 0 Å². The maximum absolute atomic E-state index is 5.51. The molecule has 2 rings (SSSR count). The number of methoxy groups -OCH3 is 2. The third kappa shape index (κ3) is 3.63. The van der Waals surface area contributed by atoms with Gasteiger partial charge in [0.2, 0.25) is 0 Å². The van der Waals surface area contributed by atoms with Crippen molar-refractivity contribution in [2.24, 2.45) is 0 Å². The first-order valence-electron chi connectivity index (χ1n) is 6.29. The van der Waals surface area contributed by atoms with Crippen molar-refractivity contribution in [3.05, 3.63) is 56.0 Å². The highest BCUT2D eigenvalue weighted by atomic mass is 79.9. The van der Waals surface area contributed by atoms with E-state index in [1.165, 1.54) is 5.56 Å². The van der Waals surface area contributed by atoms with Crippen LogP contribution in [0.25, 0.3) is 0 Å². The molecule has 0 spiro atoms.